The molecule has 2 aromatic carbocycles. The first-order valence-corrected chi connectivity index (χ1v) is 6.34. The Balaban J connectivity index is 2.16. The standard InChI is InChI=1S/C16H16F3N/c1-11-5-3-6-12(2)15(11)20-10-13-7-4-8-14(9-13)16(17,18)19/h3-9,20H,10H2,1-2H3. The Morgan fingerprint density at radius 1 is 0.950 bits per heavy atom. The van der Waals surface area contributed by atoms with Gasteiger partial charge in [0.25, 0.3) is 0 Å². The summed E-state index contributed by atoms with van der Waals surface area (Å²) in [6.07, 6.45) is -4.30. The molecule has 106 valence electrons. The van der Waals surface area contributed by atoms with Crippen molar-refractivity contribution in [1.29, 1.82) is 0 Å². The maximum absolute atomic E-state index is 12.6. The molecular weight excluding hydrogens is 263 g/mol. The van der Waals surface area contributed by atoms with Gasteiger partial charge in [0.2, 0.25) is 0 Å². The van der Waals surface area contributed by atoms with Crippen LogP contribution in [0.1, 0.15) is 22.3 Å². The molecule has 0 fully saturated rings. The highest BCUT2D eigenvalue weighted by atomic mass is 19.4. The quantitative estimate of drug-likeness (QED) is 0.839. The van der Waals surface area contributed by atoms with E-state index in [0.717, 1.165) is 22.9 Å². The SMILES string of the molecule is Cc1cccc(C)c1NCc1cccc(C(F)(F)F)c1. The number of para-hydroxylation sites is 1. The highest BCUT2D eigenvalue weighted by Crippen LogP contribution is 2.29. The summed E-state index contributed by atoms with van der Waals surface area (Å²) in [5, 5.41) is 3.21. The average molecular weight is 279 g/mol. The maximum atomic E-state index is 12.6. The predicted octanol–water partition coefficient (Wildman–Crippen LogP) is 4.93. The lowest BCUT2D eigenvalue weighted by atomic mass is 10.1. The summed E-state index contributed by atoms with van der Waals surface area (Å²) in [5.41, 5.74) is 3.14. The van der Waals surface area contributed by atoms with Crippen LogP contribution in [0.5, 0.6) is 0 Å². The van der Waals surface area contributed by atoms with Crippen molar-refractivity contribution in [3.8, 4) is 0 Å². The van der Waals surface area contributed by atoms with Gasteiger partial charge >= 0.3 is 6.18 Å². The molecule has 1 N–H and O–H groups in total. The molecule has 2 rings (SSSR count). The monoisotopic (exact) mass is 279 g/mol. The van der Waals surface area contributed by atoms with E-state index in [1.807, 2.05) is 32.0 Å². The molecule has 20 heavy (non-hydrogen) atoms. The van der Waals surface area contributed by atoms with Crippen molar-refractivity contribution in [3.63, 3.8) is 0 Å². The largest absolute Gasteiger partial charge is 0.416 e. The Morgan fingerprint density at radius 3 is 2.15 bits per heavy atom. The van der Waals surface area contributed by atoms with E-state index in [-0.39, 0.29) is 0 Å². The van der Waals surface area contributed by atoms with Gasteiger partial charge in [0.15, 0.2) is 0 Å². The van der Waals surface area contributed by atoms with E-state index >= 15 is 0 Å². The van der Waals surface area contributed by atoms with Crippen LogP contribution in [0.15, 0.2) is 42.5 Å². The van der Waals surface area contributed by atoms with Crippen LogP contribution in [0.3, 0.4) is 0 Å². The van der Waals surface area contributed by atoms with Gasteiger partial charge in [0.05, 0.1) is 5.56 Å². The molecule has 0 bridgehead atoms. The van der Waals surface area contributed by atoms with Crippen molar-refractivity contribution < 1.29 is 13.2 Å². The number of hydrogen-bond donors (Lipinski definition) is 1. The second kappa shape index (κ2) is 5.57. The second-order valence-corrected chi connectivity index (χ2v) is 4.82. The molecule has 0 heterocycles. The van der Waals surface area contributed by atoms with Crippen molar-refractivity contribution in [1.82, 2.24) is 0 Å². The first-order chi connectivity index (χ1) is 9.38. The first kappa shape index (κ1) is 14.4. The molecule has 0 saturated heterocycles. The van der Waals surface area contributed by atoms with E-state index in [4.69, 9.17) is 0 Å². The Morgan fingerprint density at radius 2 is 1.55 bits per heavy atom. The van der Waals surface area contributed by atoms with E-state index in [1.165, 1.54) is 12.1 Å². The van der Waals surface area contributed by atoms with E-state index in [9.17, 15) is 13.2 Å². The zero-order valence-corrected chi connectivity index (χ0v) is 11.4. The molecule has 0 atom stereocenters. The van der Waals surface area contributed by atoms with Crippen LogP contribution >= 0.6 is 0 Å². The van der Waals surface area contributed by atoms with Crippen molar-refractivity contribution in [2.75, 3.05) is 5.32 Å². The number of aryl methyl sites for hydroxylation is 2. The third-order valence-corrected chi connectivity index (χ3v) is 3.20. The van der Waals surface area contributed by atoms with Crippen LogP contribution in [0.25, 0.3) is 0 Å². The molecule has 4 heteroatoms. The summed E-state index contributed by atoms with van der Waals surface area (Å²) in [5.74, 6) is 0. The van der Waals surface area contributed by atoms with Gasteiger partial charge in [-0.3, -0.25) is 0 Å². The number of halogens is 3. The molecule has 0 aliphatic rings. The lowest BCUT2D eigenvalue weighted by Crippen LogP contribution is -2.07. The number of rotatable bonds is 3. The number of alkyl halides is 3. The van der Waals surface area contributed by atoms with Crippen molar-refractivity contribution >= 4 is 5.69 Å². The fourth-order valence-corrected chi connectivity index (χ4v) is 2.14. The number of benzene rings is 2. The van der Waals surface area contributed by atoms with Crippen molar-refractivity contribution in [3.05, 3.63) is 64.7 Å². The highest BCUT2D eigenvalue weighted by molar-refractivity contribution is 5.56. The van der Waals surface area contributed by atoms with Gasteiger partial charge in [-0.15, -0.1) is 0 Å². The van der Waals surface area contributed by atoms with Gasteiger partial charge in [0.1, 0.15) is 0 Å². The molecule has 0 saturated carbocycles. The highest BCUT2D eigenvalue weighted by Gasteiger charge is 2.30. The van der Waals surface area contributed by atoms with E-state index < -0.39 is 11.7 Å². The summed E-state index contributed by atoms with van der Waals surface area (Å²) in [6.45, 7) is 4.32. The Kier molecular flexibility index (Phi) is 4.02. The maximum Gasteiger partial charge on any atom is 0.416 e. The molecule has 0 spiro atoms. The lowest BCUT2D eigenvalue weighted by molar-refractivity contribution is -0.137. The molecule has 0 amide bonds. The fourth-order valence-electron chi connectivity index (χ4n) is 2.14. The average Bonchev–Trinajstić information content (AvgIpc) is 2.37. The first-order valence-electron chi connectivity index (χ1n) is 6.34. The zero-order valence-electron chi connectivity index (χ0n) is 11.4. The summed E-state index contributed by atoms with van der Waals surface area (Å²) in [6, 6.07) is 11.3. The molecule has 1 nitrogen and oxygen atoms in total. The van der Waals surface area contributed by atoms with Gasteiger partial charge in [-0.05, 0) is 42.7 Å². The molecule has 0 aromatic heterocycles. The van der Waals surface area contributed by atoms with Gasteiger partial charge < -0.3 is 5.32 Å². The van der Waals surface area contributed by atoms with E-state index in [0.29, 0.717) is 12.1 Å². The lowest BCUT2D eigenvalue weighted by Gasteiger charge is -2.14. The van der Waals surface area contributed by atoms with Crippen LogP contribution in [0.2, 0.25) is 0 Å². The zero-order chi connectivity index (χ0) is 14.8. The Bertz CT molecular complexity index is 583. The van der Waals surface area contributed by atoms with Crippen molar-refractivity contribution in [2.24, 2.45) is 0 Å². The van der Waals surface area contributed by atoms with Gasteiger partial charge in [-0.25, -0.2) is 0 Å². The van der Waals surface area contributed by atoms with Gasteiger partial charge in [-0.1, -0.05) is 30.3 Å². The van der Waals surface area contributed by atoms with Gasteiger partial charge in [0, 0.05) is 12.2 Å². The third kappa shape index (κ3) is 3.32. The predicted molar refractivity (Wildman–Crippen MR) is 74.7 cm³/mol. The van der Waals surface area contributed by atoms with Crippen LogP contribution in [-0.2, 0) is 12.7 Å². The summed E-state index contributed by atoms with van der Waals surface area (Å²) in [4.78, 5) is 0. The minimum absolute atomic E-state index is 0.371. The summed E-state index contributed by atoms with van der Waals surface area (Å²) >= 11 is 0. The normalized spacial score (nSPS) is 11.4. The van der Waals surface area contributed by atoms with Crippen LogP contribution in [-0.4, -0.2) is 0 Å². The van der Waals surface area contributed by atoms with E-state index in [2.05, 4.69) is 5.32 Å². The minimum Gasteiger partial charge on any atom is -0.381 e. The summed E-state index contributed by atoms with van der Waals surface area (Å²) in [7, 11) is 0. The number of nitrogens with one attached hydrogen (secondary N) is 1. The van der Waals surface area contributed by atoms with Crippen molar-refractivity contribution in [2.45, 2.75) is 26.6 Å². The molecule has 0 aliphatic heterocycles. The van der Waals surface area contributed by atoms with Crippen LogP contribution < -0.4 is 5.32 Å². The molecule has 2 aromatic rings. The molecule has 0 unspecified atom stereocenters. The smallest absolute Gasteiger partial charge is 0.381 e. The Hall–Kier alpha value is -1.97. The minimum atomic E-state index is -4.30. The van der Waals surface area contributed by atoms with E-state index in [1.54, 1.807) is 6.07 Å². The number of hydrogen-bond acceptors (Lipinski definition) is 1. The molecule has 0 aliphatic carbocycles. The fraction of sp³-hybridized carbons (Fsp3) is 0.250. The third-order valence-electron chi connectivity index (χ3n) is 3.20. The van der Waals surface area contributed by atoms with Gasteiger partial charge in [-0.2, -0.15) is 13.2 Å². The topological polar surface area (TPSA) is 12.0 Å². The molecule has 0 radical (unpaired) electrons. The summed E-state index contributed by atoms with van der Waals surface area (Å²) < 4.78 is 37.9. The number of anilines is 1. The van der Waals surface area contributed by atoms with Crippen LogP contribution in [0, 0.1) is 13.8 Å². The Labute approximate surface area is 116 Å². The molecular formula is C16H16F3N. The van der Waals surface area contributed by atoms with Crippen LogP contribution in [0.4, 0.5) is 18.9 Å². The second-order valence-electron chi connectivity index (χ2n) is 4.82.